The highest BCUT2D eigenvalue weighted by molar-refractivity contribution is 6.77. The summed E-state index contributed by atoms with van der Waals surface area (Å²) in [4.78, 5) is 11.6. The third-order valence-electron chi connectivity index (χ3n) is 2.98. The van der Waals surface area contributed by atoms with Crippen LogP contribution in [0.1, 0.15) is 18.5 Å². The van der Waals surface area contributed by atoms with Crippen LogP contribution in [0.15, 0.2) is 30.3 Å². The van der Waals surface area contributed by atoms with Crippen molar-refractivity contribution in [1.82, 2.24) is 4.57 Å². The van der Waals surface area contributed by atoms with Gasteiger partial charge < -0.3 is 13.8 Å². The molecule has 0 saturated carbocycles. The second-order valence-electron chi connectivity index (χ2n) is 5.35. The molecule has 6 heteroatoms. The summed E-state index contributed by atoms with van der Waals surface area (Å²) >= 11 is 0. The molecule has 0 radical (unpaired) electrons. The van der Waals surface area contributed by atoms with E-state index in [-0.39, 0.29) is 6.04 Å². The molecular formula is C13H23NO3Si2. The van der Waals surface area contributed by atoms with Crippen LogP contribution in [0, 0.1) is 0 Å². The molecule has 1 aromatic carbocycles. The summed E-state index contributed by atoms with van der Waals surface area (Å²) in [5.74, 6) is 0. The van der Waals surface area contributed by atoms with Gasteiger partial charge in [-0.1, -0.05) is 30.3 Å². The Kier molecular flexibility index (Phi) is 5.33. The Morgan fingerprint density at radius 2 is 1.84 bits per heavy atom. The highest BCUT2D eigenvalue weighted by Gasteiger charge is 2.39. The fourth-order valence-electron chi connectivity index (χ4n) is 2.38. The first-order chi connectivity index (χ1) is 8.75. The van der Waals surface area contributed by atoms with Crippen LogP contribution in [0.4, 0.5) is 4.79 Å². The Balaban J connectivity index is 3.04. The van der Waals surface area contributed by atoms with Crippen LogP contribution >= 0.6 is 0 Å². The van der Waals surface area contributed by atoms with E-state index < -0.39 is 23.6 Å². The fraction of sp³-hybridized carbons (Fsp3) is 0.462. The van der Waals surface area contributed by atoms with E-state index in [9.17, 15) is 9.90 Å². The van der Waals surface area contributed by atoms with Crippen LogP contribution in [-0.4, -0.2) is 33.3 Å². The van der Waals surface area contributed by atoms with E-state index in [0.29, 0.717) is 0 Å². The quantitative estimate of drug-likeness (QED) is 0.847. The highest BCUT2D eigenvalue weighted by Crippen LogP contribution is 2.27. The van der Waals surface area contributed by atoms with E-state index in [1.54, 1.807) is 0 Å². The molecule has 1 unspecified atom stereocenters. The topological polar surface area (TPSA) is 49.8 Å². The monoisotopic (exact) mass is 297 g/mol. The summed E-state index contributed by atoms with van der Waals surface area (Å²) < 4.78 is 7.55. The molecule has 0 aromatic heterocycles. The molecular weight excluding hydrogens is 274 g/mol. The van der Waals surface area contributed by atoms with Gasteiger partial charge >= 0.3 is 6.09 Å². The lowest BCUT2D eigenvalue weighted by Crippen LogP contribution is -2.56. The van der Waals surface area contributed by atoms with Crippen molar-refractivity contribution in [3.05, 3.63) is 35.9 Å². The van der Waals surface area contributed by atoms with Crippen molar-refractivity contribution < 1.29 is 14.0 Å². The van der Waals surface area contributed by atoms with Gasteiger partial charge in [0.15, 0.2) is 9.04 Å². The molecule has 1 N–H and O–H groups in total. The number of hydrogen-bond acceptors (Lipinski definition) is 2. The highest BCUT2D eigenvalue weighted by atomic mass is 28.4. The van der Waals surface area contributed by atoms with Gasteiger partial charge in [0, 0.05) is 0 Å². The first-order valence-electron chi connectivity index (χ1n) is 6.50. The number of nitrogens with zero attached hydrogens (tertiary/aromatic N) is 1. The van der Waals surface area contributed by atoms with Crippen molar-refractivity contribution in [3.63, 3.8) is 0 Å². The average molecular weight is 298 g/mol. The van der Waals surface area contributed by atoms with Gasteiger partial charge in [0.1, 0.15) is 0 Å². The predicted octanol–water partition coefficient (Wildman–Crippen LogP) is 3.43. The second-order valence-corrected chi connectivity index (χ2v) is 11.8. The molecule has 0 aliphatic heterocycles. The molecule has 1 amide bonds. The molecule has 0 fully saturated rings. The predicted molar refractivity (Wildman–Crippen MR) is 82.2 cm³/mol. The third-order valence-corrected chi connectivity index (χ3v) is 8.91. The summed E-state index contributed by atoms with van der Waals surface area (Å²) in [6.45, 7) is 9.97. The number of rotatable bonds is 5. The maximum absolute atomic E-state index is 11.6. The summed E-state index contributed by atoms with van der Waals surface area (Å²) in [5.41, 5.74) is 1.000. The Morgan fingerprint density at radius 1 is 1.32 bits per heavy atom. The maximum atomic E-state index is 11.6. The van der Waals surface area contributed by atoms with Crippen molar-refractivity contribution in [2.24, 2.45) is 0 Å². The normalized spacial score (nSPS) is 13.4. The van der Waals surface area contributed by atoms with Crippen molar-refractivity contribution in [3.8, 4) is 0 Å². The average Bonchev–Trinajstić information content (AvgIpc) is 2.27. The first kappa shape index (κ1) is 15.9. The molecule has 4 nitrogen and oxygen atoms in total. The third kappa shape index (κ3) is 4.19. The van der Waals surface area contributed by atoms with E-state index in [2.05, 4.69) is 13.1 Å². The van der Waals surface area contributed by atoms with Crippen LogP contribution < -0.4 is 0 Å². The van der Waals surface area contributed by atoms with Crippen molar-refractivity contribution >= 4 is 23.6 Å². The number of carbonyl (C=O) groups is 1. The minimum absolute atomic E-state index is 0.187. The van der Waals surface area contributed by atoms with E-state index >= 15 is 0 Å². The minimum atomic E-state index is -2.41. The van der Waals surface area contributed by atoms with Crippen molar-refractivity contribution in [1.29, 1.82) is 0 Å². The van der Waals surface area contributed by atoms with Crippen LogP contribution in [0.2, 0.25) is 26.2 Å². The zero-order valence-electron chi connectivity index (χ0n) is 12.3. The number of amides is 1. The molecule has 1 atom stereocenters. The van der Waals surface area contributed by atoms with Crippen LogP contribution in [-0.2, 0) is 4.12 Å². The van der Waals surface area contributed by atoms with Crippen molar-refractivity contribution in [2.45, 2.75) is 39.2 Å². The van der Waals surface area contributed by atoms with Gasteiger partial charge in [-0.15, -0.1) is 0 Å². The number of benzene rings is 1. The van der Waals surface area contributed by atoms with Gasteiger partial charge in [0.2, 0.25) is 0 Å². The smallest absolute Gasteiger partial charge is 0.401 e. The van der Waals surface area contributed by atoms with Gasteiger partial charge in [-0.05, 0) is 38.7 Å². The molecule has 0 aliphatic rings. The summed E-state index contributed by atoms with van der Waals surface area (Å²) in [7, 11) is -3.68. The Morgan fingerprint density at radius 3 is 2.26 bits per heavy atom. The molecule has 1 aromatic rings. The zero-order valence-corrected chi connectivity index (χ0v) is 14.4. The Labute approximate surface area is 118 Å². The molecule has 0 saturated heterocycles. The lowest BCUT2D eigenvalue weighted by atomic mass is 10.1. The van der Waals surface area contributed by atoms with E-state index in [4.69, 9.17) is 4.12 Å². The number of hydrogen-bond donors (Lipinski definition) is 1. The largest absolute Gasteiger partial charge is 0.465 e. The van der Waals surface area contributed by atoms with Gasteiger partial charge in [-0.2, -0.15) is 0 Å². The number of carboxylic acid groups (broad SMARTS) is 1. The van der Waals surface area contributed by atoms with E-state index in [1.807, 2.05) is 50.3 Å². The van der Waals surface area contributed by atoms with Gasteiger partial charge in [0.05, 0.1) is 6.04 Å². The molecule has 0 aliphatic carbocycles. The zero-order chi connectivity index (χ0) is 14.6. The summed E-state index contributed by atoms with van der Waals surface area (Å²) in [6, 6.07) is 9.52. The molecule has 1 rings (SSSR count). The lowest BCUT2D eigenvalue weighted by molar-refractivity contribution is 0.153. The Bertz CT molecular complexity index is 423. The molecule has 0 heterocycles. The maximum Gasteiger partial charge on any atom is 0.401 e. The molecule has 106 valence electrons. The van der Waals surface area contributed by atoms with Crippen LogP contribution in [0.25, 0.3) is 0 Å². The molecule has 19 heavy (non-hydrogen) atoms. The van der Waals surface area contributed by atoms with Gasteiger partial charge in [-0.3, -0.25) is 0 Å². The lowest BCUT2D eigenvalue weighted by Gasteiger charge is -2.39. The standard InChI is InChI=1S/C13H23NO3Si2/c1-11(12-9-7-6-8-10-12)14(13(15)16)19(4,5)17-18(2)3/h6-11,18H,1-5H3,(H,15,16). The summed E-state index contributed by atoms with van der Waals surface area (Å²) in [5, 5.41) is 9.55. The molecule has 0 bridgehead atoms. The van der Waals surface area contributed by atoms with E-state index in [0.717, 1.165) is 5.56 Å². The van der Waals surface area contributed by atoms with Crippen molar-refractivity contribution in [2.75, 3.05) is 0 Å². The summed E-state index contributed by atoms with van der Waals surface area (Å²) in [6.07, 6.45) is -0.900. The Hall–Kier alpha value is -1.12. The van der Waals surface area contributed by atoms with Crippen LogP contribution in [0.3, 0.4) is 0 Å². The minimum Gasteiger partial charge on any atom is -0.465 e. The van der Waals surface area contributed by atoms with Gasteiger partial charge in [-0.25, -0.2) is 4.79 Å². The molecule has 0 spiro atoms. The SMILES string of the molecule is CC(c1ccccc1)N(C(=O)O)[Si](C)(C)O[SiH](C)C. The van der Waals surface area contributed by atoms with Crippen LogP contribution in [0.5, 0.6) is 0 Å². The fourth-order valence-corrected chi connectivity index (χ4v) is 8.99. The first-order valence-corrected chi connectivity index (χ1v) is 12.1. The second kappa shape index (κ2) is 6.36. The van der Waals surface area contributed by atoms with Gasteiger partial charge in [0.25, 0.3) is 8.48 Å². The van der Waals surface area contributed by atoms with E-state index in [1.165, 1.54) is 4.57 Å².